The maximum absolute atomic E-state index is 10.4. The Labute approximate surface area is 227 Å². The van der Waals surface area contributed by atoms with Crippen LogP contribution in [0.4, 0.5) is 0 Å². The summed E-state index contributed by atoms with van der Waals surface area (Å²) in [6.07, 6.45) is 6.39. The van der Waals surface area contributed by atoms with Gasteiger partial charge in [0.05, 0.1) is 46.7 Å². The van der Waals surface area contributed by atoms with Crippen LogP contribution in [-0.2, 0) is 34.4 Å². The van der Waals surface area contributed by atoms with Crippen molar-refractivity contribution in [1.29, 1.82) is 0 Å². The van der Waals surface area contributed by atoms with Crippen LogP contribution in [-0.4, -0.2) is 77.6 Å². The van der Waals surface area contributed by atoms with E-state index in [1.165, 1.54) is 19.3 Å². The molecule has 0 aromatic carbocycles. The van der Waals surface area contributed by atoms with Gasteiger partial charge >= 0.3 is 59.1 Å². The van der Waals surface area contributed by atoms with Gasteiger partial charge in [0.2, 0.25) is 0 Å². The van der Waals surface area contributed by atoms with Crippen LogP contribution in [0.15, 0.2) is 0 Å². The van der Waals surface area contributed by atoms with Crippen LogP contribution in [0.1, 0.15) is 52.4 Å². The molecule has 30 heavy (non-hydrogen) atoms. The molecule has 0 aliphatic carbocycles. The van der Waals surface area contributed by atoms with E-state index in [1.54, 1.807) is 0 Å². The van der Waals surface area contributed by atoms with Crippen LogP contribution in [0, 0.1) is 5.92 Å². The molecule has 0 N–H and O–H groups in total. The van der Waals surface area contributed by atoms with Crippen molar-refractivity contribution < 1.29 is 99.3 Å². The van der Waals surface area contributed by atoms with Crippen LogP contribution < -0.4 is 59.1 Å². The van der Waals surface area contributed by atoms with Gasteiger partial charge in [-0.1, -0.05) is 33.1 Å². The zero-order valence-electron chi connectivity index (χ0n) is 19.3. The fourth-order valence-electron chi connectivity index (χ4n) is 2.07. The number of unbranched alkanes of at least 4 members (excludes halogenated alkanes) is 2. The van der Waals surface area contributed by atoms with Gasteiger partial charge in [0.15, 0.2) is 0 Å². The van der Waals surface area contributed by atoms with E-state index >= 15 is 0 Å². The number of ether oxygens (including phenoxy) is 3. The molecule has 0 saturated heterocycles. The third-order valence-corrected chi connectivity index (χ3v) is 4.36. The number of hydrogen-bond donors (Lipinski definition) is 0. The third kappa shape index (κ3) is 43.6. The van der Waals surface area contributed by atoms with E-state index in [1.807, 2.05) is 0 Å². The van der Waals surface area contributed by atoms with E-state index in [-0.39, 0.29) is 64.9 Å². The van der Waals surface area contributed by atoms with Gasteiger partial charge in [-0.25, -0.2) is 16.8 Å². The van der Waals surface area contributed by atoms with Gasteiger partial charge in [-0.2, -0.15) is 0 Å². The summed E-state index contributed by atoms with van der Waals surface area (Å²) in [5, 5.41) is 0. The predicted octanol–water partition coefficient (Wildman–Crippen LogP) is -4.25. The fraction of sp³-hybridized carbons (Fsp3) is 1.00. The van der Waals surface area contributed by atoms with Crippen molar-refractivity contribution in [3.05, 3.63) is 0 Å². The van der Waals surface area contributed by atoms with Crippen molar-refractivity contribution in [2.24, 2.45) is 5.92 Å². The molecule has 0 aromatic rings. The summed E-state index contributed by atoms with van der Waals surface area (Å²) in [6, 6.07) is 0. The summed E-state index contributed by atoms with van der Waals surface area (Å²) in [5.74, 6) is 0.331. The standard InChI is InChI=1S/C16H34O6S.CH4O3S.2Na/c1-3-5-8-16(4-2)15-22-13-12-21-11-10-20-9-6-7-14-23(17,18)19;1-5(2,3)4;;/h16H,3-15H2,1-2H3,(H,17,18,19);1H3,(H,2,3,4);;/q;;2*+1/p-2. The molecule has 0 saturated carbocycles. The molecule has 1 unspecified atom stereocenters. The molecule has 1 atom stereocenters. The molecular weight excluding hydrogens is 458 g/mol. The Morgan fingerprint density at radius 2 is 1.23 bits per heavy atom. The minimum Gasteiger partial charge on any atom is -0.748 e. The van der Waals surface area contributed by atoms with Gasteiger partial charge in [-0.05, 0) is 25.2 Å². The van der Waals surface area contributed by atoms with Crippen molar-refractivity contribution in [3.8, 4) is 0 Å². The molecule has 0 amide bonds. The SMILES string of the molecule is CCCCC(CC)COCCOCCOCCCCS(=O)(=O)[O-].CS(=O)(=O)[O-].[Na+].[Na+]. The van der Waals surface area contributed by atoms with Gasteiger partial charge in [-0.3, -0.25) is 0 Å². The predicted molar refractivity (Wildman–Crippen MR) is 105 cm³/mol. The molecule has 0 radical (unpaired) electrons. The molecule has 0 aliphatic rings. The van der Waals surface area contributed by atoms with E-state index in [9.17, 15) is 13.0 Å². The second-order valence-corrected chi connectivity index (χ2v) is 9.32. The fourth-order valence-corrected chi connectivity index (χ4v) is 2.63. The molecule has 0 aromatic heterocycles. The van der Waals surface area contributed by atoms with Crippen LogP contribution in [0.2, 0.25) is 0 Å². The van der Waals surface area contributed by atoms with Gasteiger partial charge < -0.3 is 23.3 Å². The molecule has 0 bridgehead atoms. The maximum Gasteiger partial charge on any atom is 1.00 e. The topological polar surface area (TPSA) is 142 Å². The van der Waals surface area contributed by atoms with Crippen LogP contribution in [0.5, 0.6) is 0 Å². The summed E-state index contributed by atoms with van der Waals surface area (Å²) >= 11 is 0. The van der Waals surface area contributed by atoms with E-state index in [0.717, 1.165) is 13.0 Å². The Hall–Kier alpha value is 1.70. The van der Waals surface area contributed by atoms with Crippen molar-refractivity contribution in [3.63, 3.8) is 0 Å². The van der Waals surface area contributed by atoms with E-state index in [4.69, 9.17) is 27.2 Å². The molecule has 172 valence electrons. The van der Waals surface area contributed by atoms with E-state index in [0.29, 0.717) is 58.0 Å². The normalized spacial score (nSPS) is 12.2. The first kappa shape index (κ1) is 38.9. The van der Waals surface area contributed by atoms with Gasteiger partial charge in [0.25, 0.3) is 0 Å². The van der Waals surface area contributed by atoms with Crippen molar-refractivity contribution >= 4 is 20.2 Å². The minimum atomic E-state index is -4.09. The molecule has 0 fully saturated rings. The minimum absolute atomic E-state index is 0. The average molecular weight is 495 g/mol. The Morgan fingerprint density at radius 3 is 1.67 bits per heavy atom. The van der Waals surface area contributed by atoms with Gasteiger partial charge in [-0.15, -0.1) is 0 Å². The second kappa shape index (κ2) is 25.3. The largest absolute Gasteiger partial charge is 1.00 e. The molecular formula is C17H36Na2O9S2. The van der Waals surface area contributed by atoms with Crippen LogP contribution >= 0.6 is 0 Å². The molecule has 0 rings (SSSR count). The summed E-state index contributed by atoms with van der Waals surface area (Å²) in [4.78, 5) is 0. The summed E-state index contributed by atoms with van der Waals surface area (Å²) < 4.78 is 74.7. The molecule has 0 heterocycles. The van der Waals surface area contributed by atoms with Crippen molar-refractivity contribution in [2.45, 2.75) is 52.4 Å². The molecule has 13 heteroatoms. The van der Waals surface area contributed by atoms with Crippen LogP contribution in [0.25, 0.3) is 0 Å². The van der Waals surface area contributed by atoms with Gasteiger partial charge in [0, 0.05) is 25.2 Å². The number of rotatable bonds is 17. The van der Waals surface area contributed by atoms with E-state index < -0.39 is 20.2 Å². The Kier molecular flexibility index (Phi) is 32.9. The Morgan fingerprint density at radius 1 is 0.767 bits per heavy atom. The second-order valence-electron chi connectivity index (χ2n) is 6.39. The first-order valence-corrected chi connectivity index (χ1v) is 13.0. The summed E-state index contributed by atoms with van der Waals surface area (Å²) in [5.41, 5.74) is 0. The van der Waals surface area contributed by atoms with E-state index in [2.05, 4.69) is 13.8 Å². The smallest absolute Gasteiger partial charge is 0.748 e. The zero-order chi connectivity index (χ0) is 21.9. The summed E-state index contributed by atoms with van der Waals surface area (Å²) in [6.45, 7) is 7.78. The van der Waals surface area contributed by atoms with Crippen molar-refractivity contribution in [1.82, 2.24) is 0 Å². The summed E-state index contributed by atoms with van der Waals surface area (Å²) in [7, 11) is -8.01. The first-order valence-electron chi connectivity index (χ1n) is 9.57. The monoisotopic (exact) mass is 494 g/mol. The zero-order valence-corrected chi connectivity index (χ0v) is 24.9. The average Bonchev–Trinajstić information content (AvgIpc) is 2.56. The van der Waals surface area contributed by atoms with Crippen LogP contribution in [0.3, 0.4) is 0 Å². The van der Waals surface area contributed by atoms with Crippen molar-refractivity contribution in [2.75, 3.05) is 51.6 Å². The molecule has 0 spiro atoms. The molecule has 9 nitrogen and oxygen atoms in total. The third-order valence-electron chi connectivity index (χ3n) is 3.57. The Balaban J connectivity index is -0.000000429. The number of hydrogen-bond acceptors (Lipinski definition) is 9. The van der Waals surface area contributed by atoms with Gasteiger partial charge in [0.1, 0.15) is 0 Å². The quantitative estimate of drug-likeness (QED) is 0.112. The Bertz CT molecular complexity index is 535. The maximum atomic E-state index is 10.4. The first-order chi connectivity index (χ1) is 13.0. The molecule has 0 aliphatic heterocycles.